The molecule has 2 aliphatic heterocycles. The first-order valence-corrected chi connectivity index (χ1v) is 16.1. The van der Waals surface area contributed by atoms with E-state index in [9.17, 15) is 32.4 Å². The molecule has 0 N–H and O–H groups in total. The van der Waals surface area contributed by atoms with Crippen molar-refractivity contribution in [3.63, 3.8) is 0 Å². The van der Waals surface area contributed by atoms with Crippen LogP contribution in [0, 0.1) is 11.3 Å². The predicted molar refractivity (Wildman–Crippen MR) is 172 cm³/mol. The molecule has 1 aromatic carbocycles. The van der Waals surface area contributed by atoms with Gasteiger partial charge in [0, 0.05) is 43.2 Å². The van der Waals surface area contributed by atoms with Crippen LogP contribution in [0.3, 0.4) is 0 Å². The van der Waals surface area contributed by atoms with Crippen LogP contribution in [0.15, 0.2) is 46.1 Å². The molecule has 0 radical (unpaired) electrons. The summed E-state index contributed by atoms with van der Waals surface area (Å²) in [5.74, 6) is -1.54. The Hall–Kier alpha value is -4.10. The molecule has 2 aliphatic rings. The molecule has 250 valence electrons. The summed E-state index contributed by atoms with van der Waals surface area (Å²) in [5, 5.41) is 13.8. The van der Waals surface area contributed by atoms with Crippen LogP contribution in [0.4, 0.5) is 29.3 Å². The van der Waals surface area contributed by atoms with Crippen molar-refractivity contribution in [1.29, 1.82) is 5.26 Å². The molecule has 5 rings (SSSR count). The number of carbonyl (C=O) groups is 1. The lowest BCUT2D eigenvalue weighted by atomic mass is 10.1. The van der Waals surface area contributed by atoms with Gasteiger partial charge in [0.05, 0.1) is 41.4 Å². The second kappa shape index (κ2) is 13.9. The number of hydrogen-bond donors (Lipinski definition) is 0. The Bertz CT molecular complexity index is 1760. The first-order chi connectivity index (χ1) is 22.4. The molecular weight excluding hydrogens is 686 g/mol. The Labute approximate surface area is 277 Å². The van der Waals surface area contributed by atoms with Crippen LogP contribution in [-0.4, -0.2) is 93.4 Å². The molecule has 2 fully saturated rings. The minimum absolute atomic E-state index is 0.0429. The number of nitriles is 1. The van der Waals surface area contributed by atoms with Crippen molar-refractivity contribution >= 4 is 44.5 Å². The lowest BCUT2D eigenvalue weighted by Crippen LogP contribution is -2.60. The average molecular weight is 721 g/mol. The normalized spacial score (nSPS) is 17.3. The largest absolute Gasteiger partial charge is 0.419 e. The number of anilines is 2. The van der Waals surface area contributed by atoms with E-state index in [1.54, 1.807) is 4.90 Å². The number of piperazine rings is 1. The van der Waals surface area contributed by atoms with Gasteiger partial charge in [-0.05, 0) is 38.1 Å². The predicted octanol–water partition coefficient (Wildman–Crippen LogP) is 4.68. The minimum Gasteiger partial charge on any atom is -0.352 e. The van der Waals surface area contributed by atoms with Crippen molar-refractivity contribution in [2.75, 3.05) is 55.6 Å². The maximum Gasteiger partial charge on any atom is 0.419 e. The van der Waals surface area contributed by atoms with E-state index in [2.05, 4.69) is 51.3 Å². The standard InChI is InChI=1S/C31H34BrF4N9O2/c1-4-11-41(12-5-2)21-17-43(18-21)30-39-26-22(15-38-45(29(26)47)24-8-6-7-23(32)25(24)31(34,35)36)27(40-30)42-13-14-44(28(46)19(3)33)20(16-42)9-10-37/h6-8,15,20-21H,3-5,9,11-14,16-18H2,1-2H3. The minimum atomic E-state index is -4.79. The van der Waals surface area contributed by atoms with Crippen LogP contribution in [0.2, 0.25) is 0 Å². The molecule has 0 aliphatic carbocycles. The first-order valence-electron chi connectivity index (χ1n) is 15.3. The monoisotopic (exact) mass is 719 g/mol. The smallest absolute Gasteiger partial charge is 0.352 e. The lowest BCUT2D eigenvalue weighted by molar-refractivity contribution is -0.138. The highest BCUT2D eigenvalue weighted by atomic mass is 79.9. The molecule has 2 aromatic heterocycles. The Kier molecular flexibility index (Phi) is 10.2. The number of fused-ring (bicyclic) bond motifs is 1. The summed E-state index contributed by atoms with van der Waals surface area (Å²) in [6.07, 6.45) is -1.66. The number of aromatic nitrogens is 4. The number of carbonyl (C=O) groups excluding carboxylic acids is 1. The fourth-order valence-electron chi connectivity index (χ4n) is 6.17. The highest BCUT2D eigenvalue weighted by Gasteiger charge is 2.39. The zero-order chi connectivity index (χ0) is 34.0. The van der Waals surface area contributed by atoms with Gasteiger partial charge in [-0.3, -0.25) is 14.5 Å². The highest BCUT2D eigenvalue weighted by molar-refractivity contribution is 9.10. The van der Waals surface area contributed by atoms with Crippen molar-refractivity contribution in [3.05, 3.63) is 57.2 Å². The fraction of sp³-hybridized carbons (Fsp3) is 0.484. The van der Waals surface area contributed by atoms with Crippen molar-refractivity contribution in [3.8, 4) is 11.8 Å². The van der Waals surface area contributed by atoms with Gasteiger partial charge in [-0.2, -0.15) is 33.2 Å². The number of alkyl halides is 3. The molecule has 16 heteroatoms. The van der Waals surface area contributed by atoms with Crippen LogP contribution >= 0.6 is 15.9 Å². The van der Waals surface area contributed by atoms with E-state index in [4.69, 9.17) is 4.98 Å². The Morgan fingerprint density at radius 1 is 1.13 bits per heavy atom. The third-order valence-electron chi connectivity index (χ3n) is 8.40. The summed E-state index contributed by atoms with van der Waals surface area (Å²) >= 11 is 2.96. The van der Waals surface area contributed by atoms with Gasteiger partial charge in [-0.25, -0.2) is 9.37 Å². The zero-order valence-electron chi connectivity index (χ0n) is 26.0. The second-order valence-corrected chi connectivity index (χ2v) is 12.4. The molecule has 3 aromatic rings. The van der Waals surface area contributed by atoms with Gasteiger partial charge in [-0.1, -0.05) is 42.4 Å². The van der Waals surface area contributed by atoms with Crippen molar-refractivity contribution < 1.29 is 22.4 Å². The van der Waals surface area contributed by atoms with Gasteiger partial charge in [0.2, 0.25) is 5.95 Å². The maximum atomic E-state index is 14.1. The molecule has 0 bridgehead atoms. The van der Waals surface area contributed by atoms with Gasteiger partial charge < -0.3 is 14.7 Å². The summed E-state index contributed by atoms with van der Waals surface area (Å²) in [6, 6.07) is 5.34. The number of benzene rings is 1. The number of halogens is 5. The third-order valence-corrected chi connectivity index (χ3v) is 9.06. The SMILES string of the molecule is C=C(F)C(=O)N1CCN(c2nc(N3CC(N(CCC)CCC)C3)nc3c(=O)n(-c4cccc(Br)c4C(F)(F)F)ncc23)CC1CC#N. The summed E-state index contributed by atoms with van der Waals surface area (Å²) in [7, 11) is 0. The van der Waals surface area contributed by atoms with Crippen LogP contribution < -0.4 is 15.4 Å². The van der Waals surface area contributed by atoms with Gasteiger partial charge in [0.15, 0.2) is 5.83 Å². The zero-order valence-corrected chi connectivity index (χ0v) is 27.6. The Morgan fingerprint density at radius 2 is 1.83 bits per heavy atom. The molecule has 1 unspecified atom stereocenters. The van der Waals surface area contributed by atoms with Gasteiger partial charge in [0.1, 0.15) is 11.3 Å². The van der Waals surface area contributed by atoms with Gasteiger partial charge >= 0.3 is 6.18 Å². The number of amides is 1. The quantitative estimate of drug-likeness (QED) is 0.218. The molecule has 0 spiro atoms. The highest BCUT2D eigenvalue weighted by Crippen LogP contribution is 2.39. The van der Waals surface area contributed by atoms with Crippen LogP contribution in [0.1, 0.15) is 38.7 Å². The molecule has 47 heavy (non-hydrogen) atoms. The van der Waals surface area contributed by atoms with Crippen molar-refractivity contribution in [2.24, 2.45) is 0 Å². The van der Waals surface area contributed by atoms with E-state index < -0.39 is 40.8 Å². The van der Waals surface area contributed by atoms with E-state index in [1.807, 2.05) is 11.0 Å². The van der Waals surface area contributed by atoms with E-state index in [1.165, 1.54) is 23.2 Å². The summed E-state index contributed by atoms with van der Waals surface area (Å²) in [4.78, 5) is 43.2. The molecule has 2 saturated heterocycles. The first kappa shape index (κ1) is 34.2. The number of hydrogen-bond acceptors (Lipinski definition) is 9. The fourth-order valence-corrected chi connectivity index (χ4v) is 6.75. The van der Waals surface area contributed by atoms with Crippen LogP contribution in [0.25, 0.3) is 16.6 Å². The summed E-state index contributed by atoms with van der Waals surface area (Å²) in [6.45, 7) is 10.6. The van der Waals surface area contributed by atoms with Crippen molar-refractivity contribution in [2.45, 2.75) is 51.4 Å². The average Bonchev–Trinajstić information content (AvgIpc) is 2.99. The van der Waals surface area contributed by atoms with E-state index in [0.717, 1.165) is 32.0 Å². The van der Waals surface area contributed by atoms with Gasteiger partial charge in [0.25, 0.3) is 11.5 Å². The molecule has 4 heterocycles. The maximum absolute atomic E-state index is 14.1. The number of rotatable bonds is 10. The Morgan fingerprint density at radius 3 is 2.45 bits per heavy atom. The summed E-state index contributed by atoms with van der Waals surface area (Å²) in [5.41, 5.74) is -2.53. The second-order valence-electron chi connectivity index (χ2n) is 11.6. The Balaban J connectivity index is 1.62. The molecular formula is C31H34BrF4N9O2. The lowest BCUT2D eigenvalue weighted by Gasteiger charge is -2.46. The summed E-state index contributed by atoms with van der Waals surface area (Å²) < 4.78 is 56.6. The van der Waals surface area contributed by atoms with E-state index >= 15 is 0 Å². The van der Waals surface area contributed by atoms with E-state index in [0.29, 0.717) is 17.8 Å². The molecule has 0 saturated carbocycles. The number of nitrogens with zero attached hydrogens (tertiary/aromatic N) is 9. The van der Waals surface area contributed by atoms with Crippen LogP contribution in [-0.2, 0) is 11.0 Å². The molecule has 1 atom stereocenters. The topological polar surface area (TPSA) is 114 Å². The van der Waals surface area contributed by atoms with Gasteiger partial charge in [-0.15, -0.1) is 0 Å². The molecule has 11 nitrogen and oxygen atoms in total. The van der Waals surface area contributed by atoms with Crippen molar-refractivity contribution in [1.82, 2.24) is 29.5 Å². The van der Waals surface area contributed by atoms with E-state index in [-0.39, 0.29) is 59.2 Å². The third kappa shape index (κ3) is 6.82. The van der Waals surface area contributed by atoms with Crippen LogP contribution in [0.5, 0.6) is 0 Å². The molecule has 1 amide bonds.